The van der Waals surface area contributed by atoms with Gasteiger partial charge >= 0.3 is 12.1 Å². The molecule has 1 aliphatic carbocycles. The van der Waals surface area contributed by atoms with Gasteiger partial charge in [-0.05, 0) is 54.7 Å². The molecular formula is C27H28N2O4S. The van der Waals surface area contributed by atoms with E-state index in [1.54, 1.807) is 6.20 Å². The van der Waals surface area contributed by atoms with E-state index in [1.807, 2.05) is 56.3 Å². The molecule has 0 fully saturated rings. The van der Waals surface area contributed by atoms with Crippen LogP contribution in [0.3, 0.4) is 0 Å². The van der Waals surface area contributed by atoms with Crippen LogP contribution in [-0.4, -0.2) is 41.6 Å². The van der Waals surface area contributed by atoms with E-state index in [4.69, 9.17) is 9.47 Å². The first-order chi connectivity index (χ1) is 16.4. The molecule has 3 aromatic rings. The van der Waals surface area contributed by atoms with Crippen molar-refractivity contribution in [2.24, 2.45) is 0 Å². The number of methoxy groups -OCH3 is 1. The molecule has 0 spiro atoms. The number of amides is 1. The predicted molar refractivity (Wildman–Crippen MR) is 133 cm³/mol. The molecule has 1 aromatic heterocycles. The number of nitrogens with one attached hydrogen (secondary N) is 1. The Morgan fingerprint density at radius 3 is 2.21 bits per heavy atom. The largest absolute Gasteiger partial charge is 0.468 e. The van der Waals surface area contributed by atoms with Crippen LogP contribution < -0.4 is 5.32 Å². The lowest BCUT2D eigenvalue weighted by Gasteiger charge is -2.29. The van der Waals surface area contributed by atoms with Gasteiger partial charge in [-0.2, -0.15) is 0 Å². The normalized spacial score (nSPS) is 13.5. The van der Waals surface area contributed by atoms with Crippen molar-refractivity contribution in [1.29, 1.82) is 0 Å². The van der Waals surface area contributed by atoms with Crippen molar-refractivity contribution >= 4 is 23.8 Å². The molecule has 6 nitrogen and oxygen atoms in total. The molecule has 2 aromatic carbocycles. The standard InChI is InChI=1S/C27H28N2O4S/c1-27(2,16-23(25(30)32-3)34-24-14-8-9-15-28-24)29-26(31)33-17-22-20-12-6-4-10-18(20)19-11-5-7-13-21(19)22/h4-15,22-23H,16-17H2,1-3H3,(H,29,31). The molecule has 0 aliphatic heterocycles. The average molecular weight is 477 g/mol. The lowest BCUT2D eigenvalue weighted by Crippen LogP contribution is -2.47. The summed E-state index contributed by atoms with van der Waals surface area (Å²) in [6.45, 7) is 3.96. The number of hydrogen-bond donors (Lipinski definition) is 1. The minimum atomic E-state index is -0.705. The third-order valence-corrected chi connectivity index (χ3v) is 6.97. The number of nitrogens with zero attached hydrogens (tertiary/aromatic N) is 1. The molecule has 1 unspecified atom stereocenters. The van der Waals surface area contributed by atoms with Crippen LogP contribution >= 0.6 is 11.8 Å². The van der Waals surface area contributed by atoms with Gasteiger partial charge in [0.05, 0.1) is 12.1 Å². The Balaban J connectivity index is 1.39. The Labute approximate surface area is 204 Å². The van der Waals surface area contributed by atoms with Gasteiger partial charge in [0.15, 0.2) is 0 Å². The number of hydrogen-bond acceptors (Lipinski definition) is 6. The van der Waals surface area contributed by atoms with E-state index >= 15 is 0 Å². The summed E-state index contributed by atoms with van der Waals surface area (Å²) >= 11 is 1.32. The number of benzene rings is 2. The summed E-state index contributed by atoms with van der Waals surface area (Å²) < 4.78 is 10.7. The van der Waals surface area contributed by atoms with Gasteiger partial charge in [-0.3, -0.25) is 4.79 Å². The second-order valence-corrected chi connectivity index (χ2v) is 10.1. The maximum atomic E-state index is 12.7. The predicted octanol–water partition coefficient (Wildman–Crippen LogP) is 5.42. The number of thioether (sulfide) groups is 1. The minimum Gasteiger partial charge on any atom is -0.468 e. The highest BCUT2D eigenvalue weighted by Gasteiger charge is 2.33. The van der Waals surface area contributed by atoms with Crippen LogP contribution in [0, 0.1) is 0 Å². The third kappa shape index (κ3) is 5.42. The van der Waals surface area contributed by atoms with Gasteiger partial charge in [0.2, 0.25) is 0 Å². The summed E-state index contributed by atoms with van der Waals surface area (Å²) in [7, 11) is 1.36. The molecule has 0 saturated carbocycles. The van der Waals surface area contributed by atoms with Gasteiger partial charge in [0.25, 0.3) is 0 Å². The van der Waals surface area contributed by atoms with Gasteiger partial charge in [0, 0.05) is 17.7 Å². The van der Waals surface area contributed by atoms with Crippen LogP contribution in [0.15, 0.2) is 78.0 Å². The molecule has 7 heteroatoms. The molecular weight excluding hydrogens is 448 g/mol. The van der Waals surface area contributed by atoms with E-state index in [-0.39, 0.29) is 18.5 Å². The van der Waals surface area contributed by atoms with Crippen molar-refractivity contribution in [3.63, 3.8) is 0 Å². The number of rotatable bonds is 8. The second kappa shape index (κ2) is 10.3. The van der Waals surface area contributed by atoms with Crippen molar-refractivity contribution in [2.75, 3.05) is 13.7 Å². The van der Waals surface area contributed by atoms with E-state index in [0.717, 1.165) is 16.2 Å². The zero-order valence-corrected chi connectivity index (χ0v) is 20.3. The number of ether oxygens (including phenoxy) is 2. The Kier molecular flexibility index (Phi) is 7.22. The molecule has 176 valence electrons. The highest BCUT2D eigenvalue weighted by molar-refractivity contribution is 8.00. The quantitative estimate of drug-likeness (QED) is 0.345. The number of esters is 1. The molecule has 1 atom stereocenters. The van der Waals surface area contributed by atoms with Crippen molar-refractivity contribution in [3.8, 4) is 11.1 Å². The van der Waals surface area contributed by atoms with Gasteiger partial charge < -0.3 is 14.8 Å². The van der Waals surface area contributed by atoms with E-state index in [9.17, 15) is 9.59 Å². The highest BCUT2D eigenvalue weighted by atomic mass is 32.2. The maximum Gasteiger partial charge on any atom is 0.407 e. The Bertz CT molecular complexity index is 1120. The van der Waals surface area contributed by atoms with Crippen LogP contribution in [0.25, 0.3) is 11.1 Å². The Morgan fingerprint density at radius 2 is 1.62 bits per heavy atom. The molecule has 4 rings (SSSR count). The zero-order chi connectivity index (χ0) is 24.1. The van der Waals surface area contributed by atoms with Crippen molar-refractivity contribution < 1.29 is 19.1 Å². The number of aromatic nitrogens is 1. The molecule has 0 bridgehead atoms. The van der Waals surface area contributed by atoms with E-state index in [2.05, 4.69) is 34.6 Å². The summed E-state index contributed by atoms with van der Waals surface area (Å²) in [5, 5.41) is 3.11. The van der Waals surface area contributed by atoms with Gasteiger partial charge in [0.1, 0.15) is 11.9 Å². The number of fused-ring (bicyclic) bond motifs is 3. The minimum absolute atomic E-state index is 0.0104. The molecule has 0 saturated heterocycles. The number of pyridine rings is 1. The van der Waals surface area contributed by atoms with Crippen LogP contribution in [-0.2, 0) is 14.3 Å². The van der Waals surface area contributed by atoms with Crippen LogP contribution in [0.4, 0.5) is 4.79 Å². The van der Waals surface area contributed by atoms with Crippen molar-refractivity contribution in [1.82, 2.24) is 10.3 Å². The topological polar surface area (TPSA) is 77.5 Å². The van der Waals surface area contributed by atoms with Gasteiger partial charge in [-0.15, -0.1) is 0 Å². The zero-order valence-electron chi connectivity index (χ0n) is 19.5. The summed E-state index contributed by atoms with van der Waals surface area (Å²) in [6, 6.07) is 22.0. The molecule has 1 heterocycles. The lowest BCUT2D eigenvalue weighted by atomic mass is 9.98. The number of carbonyl (C=O) groups is 2. The fourth-order valence-electron chi connectivity index (χ4n) is 4.29. The molecule has 1 amide bonds. The fourth-order valence-corrected chi connectivity index (χ4v) is 5.56. The SMILES string of the molecule is COC(=O)C(CC(C)(C)NC(=O)OCC1c2ccccc2-c2ccccc21)Sc1ccccn1. The monoisotopic (exact) mass is 476 g/mol. The smallest absolute Gasteiger partial charge is 0.407 e. The summed E-state index contributed by atoms with van der Waals surface area (Å²) in [4.78, 5) is 29.4. The van der Waals surface area contributed by atoms with E-state index in [0.29, 0.717) is 6.42 Å². The molecule has 0 radical (unpaired) electrons. The highest BCUT2D eigenvalue weighted by Crippen LogP contribution is 2.44. The summed E-state index contributed by atoms with van der Waals surface area (Å²) in [5.41, 5.74) is 3.98. The third-order valence-electron chi connectivity index (χ3n) is 5.84. The van der Waals surface area contributed by atoms with Crippen LogP contribution in [0.1, 0.15) is 37.3 Å². The summed E-state index contributed by atoms with van der Waals surface area (Å²) in [5.74, 6) is -0.373. The fraction of sp³-hybridized carbons (Fsp3) is 0.296. The molecule has 1 N–H and O–H groups in total. The number of alkyl carbamates (subject to hydrolysis) is 1. The van der Waals surface area contributed by atoms with Crippen molar-refractivity contribution in [3.05, 3.63) is 84.1 Å². The average Bonchev–Trinajstić information content (AvgIpc) is 3.16. The first kappa shape index (κ1) is 23.8. The van der Waals surface area contributed by atoms with E-state index in [1.165, 1.54) is 30.0 Å². The van der Waals surface area contributed by atoms with Gasteiger partial charge in [-0.1, -0.05) is 66.4 Å². The van der Waals surface area contributed by atoms with Crippen molar-refractivity contribution in [2.45, 2.75) is 42.0 Å². The van der Waals surface area contributed by atoms with Crippen LogP contribution in [0.2, 0.25) is 0 Å². The lowest BCUT2D eigenvalue weighted by molar-refractivity contribution is -0.140. The van der Waals surface area contributed by atoms with Crippen LogP contribution in [0.5, 0.6) is 0 Å². The van der Waals surface area contributed by atoms with E-state index < -0.39 is 16.9 Å². The number of carbonyl (C=O) groups excluding carboxylic acids is 2. The maximum absolute atomic E-state index is 12.7. The van der Waals surface area contributed by atoms with Gasteiger partial charge in [-0.25, -0.2) is 9.78 Å². The Hall–Kier alpha value is -3.32. The Morgan fingerprint density at radius 1 is 1.00 bits per heavy atom. The second-order valence-electron chi connectivity index (χ2n) is 8.84. The molecule has 34 heavy (non-hydrogen) atoms. The summed E-state index contributed by atoms with van der Waals surface area (Å²) in [6.07, 6.45) is 1.51. The molecule has 1 aliphatic rings. The first-order valence-corrected chi connectivity index (χ1v) is 12.0. The first-order valence-electron chi connectivity index (χ1n) is 11.2.